The maximum absolute atomic E-state index is 11.7. The fraction of sp³-hybridized carbons (Fsp3) is 0.350. The first-order chi connectivity index (χ1) is 14.5. The third-order valence-electron chi connectivity index (χ3n) is 5.57. The van der Waals surface area contributed by atoms with Gasteiger partial charge in [-0.05, 0) is 24.1 Å². The summed E-state index contributed by atoms with van der Waals surface area (Å²) in [6.07, 6.45) is 3.18. The number of likely N-dealkylation sites (N-methyl/N-ethyl adjacent to an activating group) is 1. The Kier molecular flexibility index (Phi) is 4.27. The average Bonchev–Trinajstić information content (AvgIpc) is 3.34. The quantitative estimate of drug-likeness (QED) is 0.532. The molecule has 30 heavy (non-hydrogen) atoms. The van der Waals surface area contributed by atoms with Crippen LogP contribution >= 0.6 is 0 Å². The molecule has 154 valence electrons. The number of hydrogen-bond donors (Lipinski definition) is 2. The lowest BCUT2D eigenvalue weighted by Gasteiger charge is -2.30. The van der Waals surface area contributed by atoms with Crippen molar-refractivity contribution in [2.45, 2.75) is 18.9 Å². The first-order valence-corrected chi connectivity index (χ1v) is 9.77. The number of carbonyl (C=O) groups excluding carboxylic acids is 1. The molecule has 4 aromatic rings. The number of rotatable bonds is 4. The molecule has 10 nitrogen and oxygen atoms in total. The van der Waals surface area contributed by atoms with Crippen molar-refractivity contribution in [3.63, 3.8) is 0 Å². The molecule has 1 saturated heterocycles. The number of ether oxygens (including phenoxy) is 1. The lowest BCUT2D eigenvalue weighted by molar-refractivity contribution is -0.132. The van der Waals surface area contributed by atoms with Crippen LogP contribution in [-0.2, 0) is 11.8 Å². The summed E-state index contributed by atoms with van der Waals surface area (Å²) < 4.78 is 7.35. The van der Waals surface area contributed by atoms with Gasteiger partial charge in [0, 0.05) is 44.9 Å². The molecule has 1 aliphatic rings. The molecule has 1 aliphatic heterocycles. The van der Waals surface area contributed by atoms with E-state index >= 15 is 0 Å². The first-order valence-electron chi connectivity index (χ1n) is 9.77. The molecular formula is C20H22N8O2. The Bertz CT molecular complexity index is 1260. The van der Waals surface area contributed by atoms with Gasteiger partial charge in [0.15, 0.2) is 0 Å². The van der Waals surface area contributed by atoms with Crippen LogP contribution in [0, 0.1) is 0 Å². The van der Waals surface area contributed by atoms with Crippen molar-refractivity contribution in [1.82, 2.24) is 34.8 Å². The van der Waals surface area contributed by atoms with E-state index < -0.39 is 0 Å². The van der Waals surface area contributed by atoms with Gasteiger partial charge in [0.25, 0.3) is 0 Å². The molecule has 0 radical (unpaired) electrons. The molecule has 1 amide bonds. The number of fused-ring (bicyclic) bond motifs is 2. The number of aromatic amines is 1. The fourth-order valence-electron chi connectivity index (χ4n) is 3.95. The van der Waals surface area contributed by atoms with Crippen LogP contribution < -0.4 is 10.1 Å². The van der Waals surface area contributed by atoms with E-state index in [-0.39, 0.29) is 11.9 Å². The third-order valence-corrected chi connectivity index (χ3v) is 5.57. The number of carbonyl (C=O) groups is 1. The Morgan fingerprint density at radius 1 is 1.27 bits per heavy atom. The van der Waals surface area contributed by atoms with Crippen molar-refractivity contribution in [1.29, 1.82) is 0 Å². The van der Waals surface area contributed by atoms with Crippen molar-refractivity contribution in [2.24, 2.45) is 7.05 Å². The molecule has 0 aliphatic carbocycles. The Labute approximate surface area is 172 Å². The molecule has 0 spiro atoms. The van der Waals surface area contributed by atoms with E-state index in [1.54, 1.807) is 16.7 Å². The number of nitrogens with zero attached hydrogens (tertiary/aromatic N) is 6. The molecule has 4 heterocycles. The normalized spacial score (nSPS) is 17.1. The number of amides is 1. The Morgan fingerprint density at radius 2 is 2.13 bits per heavy atom. The van der Waals surface area contributed by atoms with Gasteiger partial charge in [-0.25, -0.2) is 4.68 Å². The second-order valence-corrected chi connectivity index (χ2v) is 7.55. The summed E-state index contributed by atoms with van der Waals surface area (Å²) in [7, 11) is 5.28. The SMILES string of the molecule is COc1nc(N[C@H]2CCC(=O)N(C)C2)nc2[nH]cc(-c3ccc4nnn(C)c4c3)c12. The van der Waals surface area contributed by atoms with Gasteiger partial charge in [0.05, 0.1) is 18.0 Å². The van der Waals surface area contributed by atoms with Crippen LogP contribution in [0.25, 0.3) is 33.2 Å². The summed E-state index contributed by atoms with van der Waals surface area (Å²) in [5, 5.41) is 12.4. The highest BCUT2D eigenvalue weighted by Gasteiger charge is 2.24. The van der Waals surface area contributed by atoms with Crippen LogP contribution in [0.15, 0.2) is 24.4 Å². The Hall–Kier alpha value is -3.69. The topological polar surface area (TPSA) is 114 Å². The third kappa shape index (κ3) is 3.00. The van der Waals surface area contributed by atoms with E-state index in [4.69, 9.17) is 4.74 Å². The molecule has 5 rings (SSSR count). The van der Waals surface area contributed by atoms with E-state index in [0.29, 0.717) is 30.4 Å². The number of piperidine rings is 1. The molecule has 0 unspecified atom stereocenters. The lowest BCUT2D eigenvalue weighted by Crippen LogP contribution is -2.43. The van der Waals surface area contributed by atoms with Gasteiger partial charge < -0.3 is 19.9 Å². The zero-order chi connectivity index (χ0) is 20.8. The number of likely N-dealkylation sites (tertiary alicyclic amines) is 1. The number of aryl methyl sites for hydroxylation is 1. The second kappa shape index (κ2) is 6.97. The van der Waals surface area contributed by atoms with E-state index in [9.17, 15) is 4.79 Å². The van der Waals surface area contributed by atoms with Crippen LogP contribution in [-0.4, -0.2) is 67.5 Å². The van der Waals surface area contributed by atoms with Crippen LogP contribution in [0.3, 0.4) is 0 Å². The summed E-state index contributed by atoms with van der Waals surface area (Å²) in [6, 6.07) is 6.09. The number of benzene rings is 1. The minimum atomic E-state index is 0.101. The molecule has 2 N–H and O–H groups in total. The van der Waals surface area contributed by atoms with Gasteiger partial charge in [-0.1, -0.05) is 11.3 Å². The summed E-state index contributed by atoms with van der Waals surface area (Å²) >= 11 is 0. The maximum Gasteiger partial charge on any atom is 0.228 e. The smallest absolute Gasteiger partial charge is 0.228 e. The van der Waals surface area contributed by atoms with Crippen molar-refractivity contribution in [3.8, 4) is 17.0 Å². The predicted octanol–water partition coefficient (Wildman–Crippen LogP) is 1.95. The monoisotopic (exact) mass is 406 g/mol. The summed E-state index contributed by atoms with van der Waals surface area (Å²) in [5.74, 6) is 1.13. The molecular weight excluding hydrogens is 384 g/mol. The van der Waals surface area contributed by atoms with E-state index in [1.807, 2.05) is 38.5 Å². The van der Waals surface area contributed by atoms with Crippen molar-refractivity contribution in [3.05, 3.63) is 24.4 Å². The van der Waals surface area contributed by atoms with Crippen molar-refractivity contribution < 1.29 is 9.53 Å². The molecule has 0 bridgehead atoms. The molecule has 10 heteroatoms. The second-order valence-electron chi connectivity index (χ2n) is 7.55. The van der Waals surface area contributed by atoms with Gasteiger partial charge in [-0.2, -0.15) is 9.97 Å². The van der Waals surface area contributed by atoms with Gasteiger partial charge in [0.2, 0.25) is 17.7 Å². The largest absolute Gasteiger partial charge is 0.480 e. The number of anilines is 1. The summed E-state index contributed by atoms with van der Waals surface area (Å²) in [5.41, 5.74) is 4.40. The number of methoxy groups -OCH3 is 1. The zero-order valence-electron chi connectivity index (χ0n) is 17.0. The predicted molar refractivity (Wildman–Crippen MR) is 112 cm³/mol. The van der Waals surface area contributed by atoms with Crippen molar-refractivity contribution >= 4 is 33.9 Å². The van der Waals surface area contributed by atoms with Gasteiger partial charge >= 0.3 is 0 Å². The maximum atomic E-state index is 11.7. The van der Waals surface area contributed by atoms with Crippen LogP contribution in [0.4, 0.5) is 5.95 Å². The highest BCUT2D eigenvalue weighted by atomic mass is 16.5. The number of H-pyrrole nitrogens is 1. The number of nitrogens with one attached hydrogen (secondary N) is 2. The molecule has 0 saturated carbocycles. The minimum absolute atomic E-state index is 0.101. The molecule has 3 aromatic heterocycles. The first kappa shape index (κ1) is 18.3. The van der Waals surface area contributed by atoms with E-state index in [2.05, 4.69) is 30.6 Å². The number of hydrogen-bond acceptors (Lipinski definition) is 7. The molecule has 1 atom stereocenters. The van der Waals surface area contributed by atoms with Crippen LogP contribution in [0.1, 0.15) is 12.8 Å². The summed E-state index contributed by atoms with van der Waals surface area (Å²) in [6.45, 7) is 0.622. The Balaban J connectivity index is 1.52. The Morgan fingerprint density at radius 3 is 2.93 bits per heavy atom. The summed E-state index contributed by atoms with van der Waals surface area (Å²) in [4.78, 5) is 25.9. The minimum Gasteiger partial charge on any atom is -0.480 e. The average molecular weight is 406 g/mol. The standard InChI is InChI=1S/C20H22N8O2/c1-27-10-12(5-7-16(27)29)22-20-23-18-17(19(24-20)30-3)13(9-21-18)11-4-6-14-15(8-11)28(2)26-25-14/h4,6,8-9,12H,5,7,10H2,1-3H3,(H2,21,22,23,24)/t12-/m0/s1. The zero-order valence-corrected chi connectivity index (χ0v) is 17.0. The van der Waals surface area contributed by atoms with E-state index in [0.717, 1.165) is 34.0 Å². The lowest BCUT2D eigenvalue weighted by atomic mass is 10.1. The van der Waals surface area contributed by atoms with Crippen molar-refractivity contribution in [2.75, 3.05) is 26.0 Å². The van der Waals surface area contributed by atoms with Gasteiger partial charge in [0.1, 0.15) is 11.2 Å². The number of aromatic nitrogens is 6. The van der Waals surface area contributed by atoms with Gasteiger partial charge in [-0.3, -0.25) is 4.79 Å². The highest BCUT2D eigenvalue weighted by molar-refractivity contribution is 5.99. The fourth-order valence-corrected chi connectivity index (χ4v) is 3.95. The van der Waals surface area contributed by atoms with Gasteiger partial charge in [-0.15, -0.1) is 5.10 Å². The van der Waals surface area contributed by atoms with E-state index in [1.165, 1.54) is 0 Å². The molecule has 1 aromatic carbocycles. The highest BCUT2D eigenvalue weighted by Crippen LogP contribution is 2.35. The van der Waals surface area contributed by atoms with Crippen LogP contribution in [0.2, 0.25) is 0 Å². The van der Waals surface area contributed by atoms with Crippen LogP contribution in [0.5, 0.6) is 5.88 Å². The molecule has 1 fully saturated rings.